The SMILES string of the molecule is COc1cc(C)c(-c2cc(C)[nH]c(=O)n2)cc1Cl. The molecule has 1 aromatic heterocycles. The van der Waals surface area contributed by atoms with Crippen LogP contribution in [-0.4, -0.2) is 17.1 Å². The van der Waals surface area contributed by atoms with Crippen LogP contribution in [0.4, 0.5) is 0 Å². The van der Waals surface area contributed by atoms with Crippen LogP contribution in [-0.2, 0) is 0 Å². The highest BCUT2D eigenvalue weighted by molar-refractivity contribution is 6.32. The molecule has 1 heterocycles. The van der Waals surface area contributed by atoms with E-state index in [0.29, 0.717) is 16.5 Å². The van der Waals surface area contributed by atoms with Crippen LogP contribution in [0.25, 0.3) is 11.3 Å². The van der Waals surface area contributed by atoms with Crippen LogP contribution in [0.15, 0.2) is 23.0 Å². The summed E-state index contributed by atoms with van der Waals surface area (Å²) in [6.45, 7) is 3.74. The largest absolute Gasteiger partial charge is 0.495 e. The number of hydrogen-bond donors (Lipinski definition) is 1. The topological polar surface area (TPSA) is 55.0 Å². The van der Waals surface area contributed by atoms with Gasteiger partial charge in [-0.3, -0.25) is 0 Å². The van der Waals surface area contributed by atoms with E-state index in [9.17, 15) is 4.79 Å². The molecule has 0 radical (unpaired) electrons. The molecule has 1 N–H and O–H groups in total. The van der Waals surface area contributed by atoms with Gasteiger partial charge in [-0.25, -0.2) is 4.79 Å². The molecule has 0 aliphatic carbocycles. The molecule has 18 heavy (non-hydrogen) atoms. The minimum atomic E-state index is -0.364. The smallest absolute Gasteiger partial charge is 0.345 e. The fraction of sp³-hybridized carbons (Fsp3) is 0.231. The molecule has 0 fully saturated rings. The number of aryl methyl sites for hydroxylation is 2. The summed E-state index contributed by atoms with van der Waals surface area (Å²) in [6, 6.07) is 5.40. The molecule has 0 spiro atoms. The number of aromatic amines is 1. The van der Waals surface area contributed by atoms with Crippen LogP contribution in [0.3, 0.4) is 0 Å². The van der Waals surface area contributed by atoms with E-state index < -0.39 is 0 Å². The third-order valence-electron chi connectivity index (χ3n) is 2.65. The number of rotatable bonds is 2. The van der Waals surface area contributed by atoms with Gasteiger partial charge in [-0.05, 0) is 37.6 Å². The first kappa shape index (κ1) is 12.6. The van der Waals surface area contributed by atoms with Crippen molar-refractivity contribution < 1.29 is 4.74 Å². The van der Waals surface area contributed by atoms with Crippen molar-refractivity contribution in [3.63, 3.8) is 0 Å². The quantitative estimate of drug-likeness (QED) is 0.907. The predicted octanol–water partition coefficient (Wildman–Crippen LogP) is 2.72. The Bertz CT molecular complexity index is 650. The monoisotopic (exact) mass is 264 g/mol. The number of nitrogens with zero attached hydrogens (tertiary/aromatic N) is 1. The van der Waals surface area contributed by atoms with Gasteiger partial charge in [-0.1, -0.05) is 11.6 Å². The average Bonchev–Trinajstić information content (AvgIpc) is 2.30. The lowest BCUT2D eigenvalue weighted by atomic mass is 10.0. The zero-order valence-electron chi connectivity index (χ0n) is 10.4. The lowest BCUT2D eigenvalue weighted by Gasteiger charge is -2.09. The minimum Gasteiger partial charge on any atom is -0.495 e. The molecule has 5 heteroatoms. The number of nitrogens with one attached hydrogen (secondary N) is 1. The molecule has 2 aromatic rings. The van der Waals surface area contributed by atoms with E-state index >= 15 is 0 Å². The Kier molecular flexibility index (Phi) is 3.39. The Morgan fingerprint density at radius 1 is 1.28 bits per heavy atom. The van der Waals surface area contributed by atoms with Gasteiger partial charge in [0.25, 0.3) is 0 Å². The number of halogens is 1. The van der Waals surface area contributed by atoms with Crippen molar-refractivity contribution in [3.8, 4) is 17.0 Å². The van der Waals surface area contributed by atoms with E-state index in [1.54, 1.807) is 13.2 Å². The molecule has 94 valence electrons. The maximum absolute atomic E-state index is 11.4. The molecule has 1 aromatic carbocycles. The van der Waals surface area contributed by atoms with Crippen LogP contribution < -0.4 is 10.4 Å². The van der Waals surface area contributed by atoms with E-state index in [1.807, 2.05) is 26.0 Å². The van der Waals surface area contributed by atoms with Crippen LogP contribution >= 0.6 is 11.6 Å². The first-order chi connectivity index (χ1) is 8.51. The summed E-state index contributed by atoms with van der Waals surface area (Å²) >= 11 is 6.09. The second-order valence-electron chi connectivity index (χ2n) is 4.06. The Morgan fingerprint density at radius 3 is 2.61 bits per heavy atom. The van der Waals surface area contributed by atoms with E-state index in [2.05, 4.69) is 9.97 Å². The molecule has 0 saturated heterocycles. The summed E-state index contributed by atoms with van der Waals surface area (Å²) in [5, 5.41) is 0.498. The van der Waals surface area contributed by atoms with Crippen molar-refractivity contribution in [1.82, 2.24) is 9.97 Å². The van der Waals surface area contributed by atoms with Gasteiger partial charge in [0.2, 0.25) is 0 Å². The molecular weight excluding hydrogens is 252 g/mol. The van der Waals surface area contributed by atoms with Gasteiger partial charge in [0, 0.05) is 11.3 Å². The number of hydrogen-bond acceptors (Lipinski definition) is 3. The van der Waals surface area contributed by atoms with Crippen molar-refractivity contribution in [2.45, 2.75) is 13.8 Å². The van der Waals surface area contributed by atoms with Gasteiger partial charge in [0.05, 0.1) is 17.8 Å². The number of benzene rings is 1. The molecule has 0 atom stereocenters. The summed E-state index contributed by atoms with van der Waals surface area (Å²) < 4.78 is 5.14. The number of methoxy groups -OCH3 is 1. The normalized spacial score (nSPS) is 10.4. The van der Waals surface area contributed by atoms with Crippen LogP contribution in [0.5, 0.6) is 5.75 Å². The molecule has 0 aliphatic heterocycles. The summed E-state index contributed by atoms with van der Waals surface area (Å²) in [6.07, 6.45) is 0. The van der Waals surface area contributed by atoms with Gasteiger partial charge in [-0.15, -0.1) is 0 Å². The third kappa shape index (κ3) is 2.38. The molecule has 2 rings (SSSR count). The second-order valence-corrected chi connectivity index (χ2v) is 4.46. The van der Waals surface area contributed by atoms with Crippen molar-refractivity contribution in [3.05, 3.63) is 45.0 Å². The fourth-order valence-electron chi connectivity index (χ4n) is 1.80. The van der Waals surface area contributed by atoms with Gasteiger partial charge in [0.1, 0.15) is 5.75 Å². The maximum atomic E-state index is 11.4. The zero-order chi connectivity index (χ0) is 13.3. The average molecular weight is 265 g/mol. The van der Waals surface area contributed by atoms with Crippen LogP contribution in [0.2, 0.25) is 5.02 Å². The standard InChI is InChI=1S/C13H13ClN2O2/c1-7-4-12(18-3)10(14)6-9(7)11-5-8(2)15-13(17)16-11/h4-6H,1-3H3,(H,15,16,17). The molecule has 0 bridgehead atoms. The van der Waals surface area contributed by atoms with Crippen LogP contribution in [0, 0.1) is 13.8 Å². The minimum absolute atomic E-state index is 0.364. The zero-order valence-corrected chi connectivity index (χ0v) is 11.1. The van der Waals surface area contributed by atoms with Crippen molar-refractivity contribution in [2.75, 3.05) is 7.11 Å². The van der Waals surface area contributed by atoms with Crippen molar-refractivity contribution >= 4 is 11.6 Å². The summed E-state index contributed by atoms with van der Waals surface area (Å²) in [4.78, 5) is 17.9. The highest BCUT2D eigenvalue weighted by Crippen LogP contribution is 2.32. The van der Waals surface area contributed by atoms with Crippen molar-refractivity contribution in [1.29, 1.82) is 0 Å². The number of ether oxygens (including phenoxy) is 1. The lowest BCUT2D eigenvalue weighted by molar-refractivity contribution is 0.415. The van der Waals surface area contributed by atoms with E-state index in [4.69, 9.17) is 16.3 Å². The highest BCUT2D eigenvalue weighted by atomic mass is 35.5. The molecular formula is C13H13ClN2O2. The highest BCUT2D eigenvalue weighted by Gasteiger charge is 2.10. The second kappa shape index (κ2) is 4.82. The van der Waals surface area contributed by atoms with Gasteiger partial charge >= 0.3 is 5.69 Å². The van der Waals surface area contributed by atoms with Gasteiger partial charge in [-0.2, -0.15) is 4.98 Å². The molecule has 0 saturated carbocycles. The lowest BCUT2D eigenvalue weighted by Crippen LogP contribution is -2.12. The molecule has 0 aliphatic rings. The van der Waals surface area contributed by atoms with Crippen LogP contribution in [0.1, 0.15) is 11.3 Å². The molecule has 4 nitrogen and oxygen atoms in total. The summed E-state index contributed by atoms with van der Waals surface area (Å²) in [5.74, 6) is 0.611. The van der Waals surface area contributed by atoms with E-state index in [1.165, 1.54) is 0 Å². The number of aromatic nitrogens is 2. The molecule has 0 amide bonds. The van der Waals surface area contributed by atoms with Crippen molar-refractivity contribution in [2.24, 2.45) is 0 Å². The predicted molar refractivity (Wildman–Crippen MR) is 71.3 cm³/mol. The first-order valence-corrected chi connectivity index (χ1v) is 5.81. The summed E-state index contributed by atoms with van der Waals surface area (Å²) in [5.41, 5.74) is 2.79. The Hall–Kier alpha value is -1.81. The first-order valence-electron chi connectivity index (χ1n) is 5.43. The van der Waals surface area contributed by atoms with E-state index in [0.717, 1.165) is 16.8 Å². The van der Waals surface area contributed by atoms with E-state index in [-0.39, 0.29) is 5.69 Å². The Labute approximate surface area is 110 Å². The van der Waals surface area contributed by atoms with Gasteiger partial charge in [0.15, 0.2) is 0 Å². The fourth-order valence-corrected chi connectivity index (χ4v) is 2.05. The molecule has 0 unspecified atom stereocenters. The Balaban J connectivity index is 2.64. The third-order valence-corrected chi connectivity index (χ3v) is 2.95. The van der Waals surface area contributed by atoms with Gasteiger partial charge < -0.3 is 9.72 Å². The summed E-state index contributed by atoms with van der Waals surface area (Å²) in [7, 11) is 1.57. The maximum Gasteiger partial charge on any atom is 0.345 e. The number of H-pyrrole nitrogens is 1. The Morgan fingerprint density at radius 2 is 2.00 bits per heavy atom.